The van der Waals surface area contributed by atoms with Gasteiger partial charge in [0.1, 0.15) is 0 Å². The minimum absolute atomic E-state index is 0.0854. The minimum Gasteiger partial charge on any atom is -0.466 e. The summed E-state index contributed by atoms with van der Waals surface area (Å²) in [5.74, 6) is -0.170. The van der Waals surface area contributed by atoms with Crippen molar-refractivity contribution in [3.8, 4) is 0 Å². The smallest absolute Gasteiger partial charge is 0.310 e. The molecular weight excluding hydrogens is 340 g/mol. The Bertz CT molecular complexity index is 754. The van der Waals surface area contributed by atoms with Crippen LogP contribution in [0.2, 0.25) is 0 Å². The average molecular weight is 370 g/mol. The maximum absolute atomic E-state index is 12.8. The van der Waals surface area contributed by atoms with Crippen LogP contribution in [0.1, 0.15) is 39.2 Å². The number of nitrogens with zero attached hydrogens (tertiary/aromatic N) is 2. The summed E-state index contributed by atoms with van der Waals surface area (Å²) in [4.78, 5) is 29.0. The Kier molecular flexibility index (Phi) is 5.70. The van der Waals surface area contributed by atoms with E-state index in [-0.39, 0.29) is 23.1 Å². The first-order valence-corrected chi connectivity index (χ1v) is 9.81. The lowest BCUT2D eigenvalue weighted by Gasteiger charge is -2.31. The quantitative estimate of drug-likeness (QED) is 0.589. The SMILES string of the molecule is CCOC(=O)[C@@H]1CCCN(CC(=O)/C=C2/N(C)c3ccccc3C2(C)C)C1. The van der Waals surface area contributed by atoms with Crippen molar-refractivity contribution in [1.29, 1.82) is 0 Å². The number of ether oxygens (including phenoxy) is 1. The molecule has 0 unspecified atom stereocenters. The zero-order valence-corrected chi connectivity index (χ0v) is 16.8. The minimum atomic E-state index is -0.198. The van der Waals surface area contributed by atoms with Crippen molar-refractivity contribution in [3.05, 3.63) is 41.6 Å². The number of carbonyl (C=O) groups excluding carboxylic acids is 2. The molecule has 1 atom stereocenters. The number of para-hydroxylation sites is 1. The van der Waals surface area contributed by atoms with Gasteiger partial charge in [-0.3, -0.25) is 14.5 Å². The topological polar surface area (TPSA) is 49.9 Å². The molecule has 2 heterocycles. The second-order valence-electron chi connectivity index (χ2n) is 8.02. The summed E-state index contributed by atoms with van der Waals surface area (Å²) in [6.07, 6.45) is 3.55. The number of piperidine rings is 1. The second-order valence-corrected chi connectivity index (χ2v) is 8.02. The predicted molar refractivity (Wildman–Crippen MR) is 107 cm³/mol. The molecule has 0 spiro atoms. The molecule has 0 amide bonds. The standard InChI is InChI=1S/C22H30N2O3/c1-5-27-21(26)16-9-8-12-24(14-16)15-17(25)13-20-22(2,3)18-10-6-7-11-19(18)23(20)4/h6-7,10-11,13,16H,5,8-9,12,14-15H2,1-4H3/b20-13+/t16-/m1/s1. The molecule has 0 N–H and O–H groups in total. The second kappa shape index (κ2) is 7.85. The van der Waals surface area contributed by atoms with E-state index in [1.54, 1.807) is 6.08 Å². The van der Waals surface area contributed by atoms with Gasteiger partial charge in [0.05, 0.1) is 19.1 Å². The zero-order chi connectivity index (χ0) is 19.6. The van der Waals surface area contributed by atoms with Crippen LogP contribution in [0.5, 0.6) is 0 Å². The van der Waals surface area contributed by atoms with Crippen LogP contribution >= 0.6 is 0 Å². The molecule has 5 nitrogen and oxygen atoms in total. The third-order valence-corrected chi connectivity index (χ3v) is 5.74. The molecular formula is C22H30N2O3. The fraction of sp³-hybridized carbons (Fsp3) is 0.545. The maximum Gasteiger partial charge on any atom is 0.310 e. The molecule has 1 aromatic carbocycles. The van der Waals surface area contributed by atoms with E-state index < -0.39 is 0 Å². The van der Waals surface area contributed by atoms with Gasteiger partial charge in [-0.25, -0.2) is 0 Å². The average Bonchev–Trinajstić information content (AvgIpc) is 2.83. The van der Waals surface area contributed by atoms with E-state index in [9.17, 15) is 9.59 Å². The molecule has 146 valence electrons. The molecule has 5 heteroatoms. The van der Waals surface area contributed by atoms with Crippen LogP contribution in [0.15, 0.2) is 36.0 Å². The van der Waals surface area contributed by atoms with E-state index in [2.05, 4.69) is 35.8 Å². The maximum atomic E-state index is 12.8. The third-order valence-electron chi connectivity index (χ3n) is 5.74. The van der Waals surface area contributed by atoms with Crippen LogP contribution in [0.25, 0.3) is 0 Å². The summed E-state index contributed by atoms with van der Waals surface area (Å²) in [6.45, 7) is 8.35. The van der Waals surface area contributed by atoms with Gasteiger partial charge >= 0.3 is 5.97 Å². The Morgan fingerprint density at radius 1 is 1.30 bits per heavy atom. The number of likely N-dealkylation sites (N-methyl/N-ethyl adjacent to an activating group) is 1. The van der Waals surface area contributed by atoms with E-state index in [4.69, 9.17) is 4.74 Å². The first kappa shape index (κ1) is 19.6. The highest BCUT2D eigenvalue weighted by Gasteiger charge is 2.38. The van der Waals surface area contributed by atoms with Crippen molar-refractivity contribution in [2.75, 3.05) is 38.2 Å². The third kappa shape index (κ3) is 3.93. The largest absolute Gasteiger partial charge is 0.466 e. The van der Waals surface area contributed by atoms with Crippen LogP contribution in [-0.2, 0) is 19.7 Å². The summed E-state index contributed by atoms with van der Waals surface area (Å²) < 4.78 is 5.15. The van der Waals surface area contributed by atoms with Gasteiger partial charge in [-0.05, 0) is 37.9 Å². The molecule has 3 rings (SSSR count). The van der Waals surface area contributed by atoms with Crippen molar-refractivity contribution in [2.45, 2.75) is 39.0 Å². The molecule has 27 heavy (non-hydrogen) atoms. The molecule has 2 aliphatic heterocycles. The number of carbonyl (C=O) groups is 2. The molecule has 2 aliphatic rings. The Labute approximate surface area is 162 Å². The van der Waals surface area contributed by atoms with Gasteiger partial charge < -0.3 is 9.64 Å². The lowest BCUT2D eigenvalue weighted by atomic mass is 9.83. The Balaban J connectivity index is 1.69. The van der Waals surface area contributed by atoms with Crippen LogP contribution in [0.3, 0.4) is 0 Å². The number of hydrogen-bond donors (Lipinski definition) is 0. The number of fused-ring (bicyclic) bond motifs is 1. The van der Waals surface area contributed by atoms with Crippen molar-refractivity contribution in [2.24, 2.45) is 5.92 Å². The van der Waals surface area contributed by atoms with E-state index in [0.717, 1.165) is 30.8 Å². The Morgan fingerprint density at radius 3 is 2.74 bits per heavy atom. The van der Waals surface area contributed by atoms with Gasteiger partial charge in [0.2, 0.25) is 0 Å². The molecule has 1 fully saturated rings. The first-order chi connectivity index (χ1) is 12.8. The molecule has 0 aromatic heterocycles. The fourth-order valence-corrected chi connectivity index (χ4v) is 4.33. The highest BCUT2D eigenvalue weighted by Crippen LogP contribution is 2.46. The van der Waals surface area contributed by atoms with Crippen LogP contribution in [-0.4, -0.2) is 49.9 Å². The first-order valence-electron chi connectivity index (χ1n) is 9.81. The lowest BCUT2D eigenvalue weighted by Crippen LogP contribution is -2.41. The monoisotopic (exact) mass is 370 g/mol. The number of ketones is 1. The van der Waals surface area contributed by atoms with E-state index >= 15 is 0 Å². The molecule has 0 radical (unpaired) electrons. The predicted octanol–water partition coefficient (Wildman–Crippen LogP) is 3.14. The van der Waals surface area contributed by atoms with Gasteiger partial charge in [-0.15, -0.1) is 0 Å². The fourth-order valence-electron chi connectivity index (χ4n) is 4.33. The van der Waals surface area contributed by atoms with E-state index in [1.165, 1.54) is 5.56 Å². The highest BCUT2D eigenvalue weighted by molar-refractivity contribution is 5.94. The highest BCUT2D eigenvalue weighted by atomic mass is 16.5. The van der Waals surface area contributed by atoms with Gasteiger partial charge in [-0.1, -0.05) is 32.0 Å². The number of hydrogen-bond acceptors (Lipinski definition) is 5. The zero-order valence-electron chi connectivity index (χ0n) is 16.8. The molecule has 1 aromatic rings. The Hall–Kier alpha value is -2.14. The Morgan fingerprint density at radius 2 is 2.04 bits per heavy atom. The number of benzene rings is 1. The molecule has 0 aliphatic carbocycles. The van der Waals surface area contributed by atoms with Crippen molar-refractivity contribution in [1.82, 2.24) is 4.90 Å². The van der Waals surface area contributed by atoms with Gasteiger partial charge in [0, 0.05) is 36.5 Å². The van der Waals surface area contributed by atoms with E-state index in [0.29, 0.717) is 19.7 Å². The van der Waals surface area contributed by atoms with Crippen molar-refractivity contribution >= 4 is 17.4 Å². The van der Waals surface area contributed by atoms with Crippen LogP contribution in [0.4, 0.5) is 5.69 Å². The summed E-state index contributed by atoms with van der Waals surface area (Å²) in [7, 11) is 2.02. The summed E-state index contributed by atoms with van der Waals surface area (Å²) in [5.41, 5.74) is 3.22. The van der Waals surface area contributed by atoms with Gasteiger partial charge in [-0.2, -0.15) is 0 Å². The van der Waals surface area contributed by atoms with Gasteiger partial charge in [0.15, 0.2) is 5.78 Å². The number of anilines is 1. The molecule has 1 saturated heterocycles. The summed E-state index contributed by atoms with van der Waals surface area (Å²) in [6, 6.07) is 8.30. The van der Waals surface area contributed by atoms with Crippen molar-refractivity contribution in [3.63, 3.8) is 0 Å². The number of esters is 1. The normalized spacial score (nSPS) is 23.3. The van der Waals surface area contributed by atoms with Crippen LogP contribution in [0, 0.1) is 5.92 Å². The number of likely N-dealkylation sites (tertiary alicyclic amines) is 1. The number of allylic oxidation sites excluding steroid dienone is 1. The van der Waals surface area contributed by atoms with E-state index in [1.807, 2.05) is 26.1 Å². The summed E-state index contributed by atoms with van der Waals surface area (Å²) in [5, 5.41) is 0. The van der Waals surface area contributed by atoms with Crippen molar-refractivity contribution < 1.29 is 14.3 Å². The van der Waals surface area contributed by atoms with Gasteiger partial charge in [0.25, 0.3) is 0 Å². The number of rotatable bonds is 5. The lowest BCUT2D eigenvalue weighted by molar-refractivity contribution is -0.150. The molecule has 0 bridgehead atoms. The molecule has 0 saturated carbocycles. The summed E-state index contributed by atoms with van der Waals surface area (Å²) >= 11 is 0. The van der Waals surface area contributed by atoms with Crippen LogP contribution < -0.4 is 4.90 Å².